The molecule has 4 rings (SSSR count). The molecule has 0 N–H and O–H groups in total. The Morgan fingerprint density at radius 1 is 0.970 bits per heavy atom. The Balaban J connectivity index is 1.61. The third kappa shape index (κ3) is 3.56. The van der Waals surface area contributed by atoms with Crippen molar-refractivity contribution in [3.63, 3.8) is 0 Å². The maximum atomic E-state index is 12.8. The lowest BCUT2D eigenvalue weighted by Crippen LogP contribution is -2.56. The van der Waals surface area contributed by atoms with Gasteiger partial charge < -0.3 is 0 Å². The van der Waals surface area contributed by atoms with Gasteiger partial charge in [-0.1, -0.05) is 80.9 Å². The topological polar surface area (TPSA) is 17.1 Å². The van der Waals surface area contributed by atoms with E-state index in [0.29, 0.717) is 27.9 Å². The summed E-state index contributed by atoms with van der Waals surface area (Å²) in [5.41, 5.74) is 3.13. The van der Waals surface area contributed by atoms with Crippen LogP contribution >= 0.6 is 0 Å². The third-order valence-corrected chi connectivity index (χ3v) is 13.1. The molecular formula is C32H54O. The van der Waals surface area contributed by atoms with Gasteiger partial charge in [0.25, 0.3) is 0 Å². The molecule has 0 aromatic heterocycles. The highest BCUT2D eigenvalue weighted by Gasteiger charge is 2.65. The van der Waals surface area contributed by atoms with E-state index in [1.807, 2.05) is 0 Å². The van der Waals surface area contributed by atoms with E-state index in [9.17, 15) is 4.79 Å². The summed E-state index contributed by atoms with van der Waals surface area (Å²) in [6.07, 6.45) is 13.9. The summed E-state index contributed by atoms with van der Waals surface area (Å²) in [6, 6.07) is 0. The average Bonchev–Trinajstić information content (AvgIpc) is 3.01. The molecule has 3 fully saturated rings. The van der Waals surface area contributed by atoms with Gasteiger partial charge in [0.05, 0.1) is 0 Å². The molecule has 0 aromatic carbocycles. The highest BCUT2D eigenvalue weighted by atomic mass is 16.1. The van der Waals surface area contributed by atoms with Crippen LogP contribution in [0.2, 0.25) is 0 Å². The van der Waals surface area contributed by atoms with E-state index < -0.39 is 0 Å². The normalized spacial score (nSPS) is 43.5. The molecule has 1 nitrogen and oxygen atoms in total. The van der Waals surface area contributed by atoms with Crippen molar-refractivity contribution in [1.29, 1.82) is 0 Å². The minimum atomic E-state index is -0.156. The van der Waals surface area contributed by atoms with Gasteiger partial charge in [-0.05, 0) is 103 Å². The second-order valence-electron chi connectivity index (χ2n) is 15.2. The summed E-state index contributed by atoms with van der Waals surface area (Å²) in [7, 11) is 0. The van der Waals surface area contributed by atoms with Crippen molar-refractivity contribution in [3.8, 4) is 0 Å². The molecule has 0 spiro atoms. The van der Waals surface area contributed by atoms with Crippen LogP contribution < -0.4 is 0 Å². The number of allylic oxidation sites excluding steroid dienone is 2. The summed E-state index contributed by atoms with van der Waals surface area (Å²) >= 11 is 0. The number of fused-ring (bicyclic) bond motifs is 5. The number of rotatable bonds is 5. The van der Waals surface area contributed by atoms with Gasteiger partial charge in [-0.15, -0.1) is 0 Å². The Morgan fingerprint density at radius 2 is 1.64 bits per heavy atom. The first-order valence-corrected chi connectivity index (χ1v) is 14.3. The van der Waals surface area contributed by atoms with Crippen molar-refractivity contribution in [1.82, 2.24) is 0 Å². The van der Waals surface area contributed by atoms with E-state index >= 15 is 0 Å². The molecule has 7 unspecified atom stereocenters. The second-order valence-corrected chi connectivity index (χ2v) is 15.2. The van der Waals surface area contributed by atoms with Gasteiger partial charge in [0.15, 0.2) is 0 Å². The maximum Gasteiger partial charge on any atom is 0.138 e. The van der Waals surface area contributed by atoms with Crippen molar-refractivity contribution >= 4 is 5.78 Å². The summed E-state index contributed by atoms with van der Waals surface area (Å²) in [5, 5.41) is 0. The zero-order chi connectivity index (χ0) is 24.6. The molecule has 4 aliphatic carbocycles. The van der Waals surface area contributed by atoms with Crippen LogP contribution in [0.1, 0.15) is 127 Å². The number of Topliss-reactive ketones (excluding diaryl/α,β-unsaturated/α-hetero) is 1. The standard InChI is InChI=1S/C32H54O/c1-21(2)28(4,5)17-13-22(3)23-14-19-32(10)25-11-12-26-29(6,7)27(33)16-18-30(26,8)24(25)15-20-31(23,32)9/h15,21-23,25-26H,11-14,16-20H2,1-10H3. The molecule has 0 aromatic rings. The molecular weight excluding hydrogens is 400 g/mol. The van der Waals surface area contributed by atoms with E-state index in [1.165, 1.54) is 44.9 Å². The van der Waals surface area contributed by atoms with Crippen LogP contribution in [-0.4, -0.2) is 5.78 Å². The zero-order valence-corrected chi connectivity index (χ0v) is 23.7. The van der Waals surface area contributed by atoms with Crippen molar-refractivity contribution in [2.45, 2.75) is 127 Å². The fraction of sp³-hybridized carbons (Fsp3) is 0.906. The zero-order valence-electron chi connectivity index (χ0n) is 23.7. The minimum Gasteiger partial charge on any atom is -0.299 e. The van der Waals surface area contributed by atoms with E-state index in [4.69, 9.17) is 0 Å². The molecule has 0 aliphatic heterocycles. The molecule has 0 amide bonds. The van der Waals surface area contributed by atoms with Crippen LogP contribution in [0.25, 0.3) is 0 Å². The van der Waals surface area contributed by atoms with Gasteiger partial charge in [0.1, 0.15) is 5.78 Å². The average molecular weight is 455 g/mol. The first kappa shape index (κ1) is 25.5. The highest BCUT2D eigenvalue weighted by Crippen LogP contribution is 2.73. The van der Waals surface area contributed by atoms with Gasteiger partial charge in [-0.2, -0.15) is 0 Å². The molecule has 1 heteroatoms. The predicted octanol–water partition coefficient (Wildman–Crippen LogP) is 9.26. The lowest BCUT2D eigenvalue weighted by Gasteiger charge is -2.63. The summed E-state index contributed by atoms with van der Waals surface area (Å²) in [5.74, 6) is 4.16. The Hall–Kier alpha value is -0.590. The van der Waals surface area contributed by atoms with Crippen molar-refractivity contribution in [2.75, 3.05) is 0 Å². The van der Waals surface area contributed by atoms with Gasteiger partial charge in [-0.25, -0.2) is 0 Å². The molecule has 3 saturated carbocycles. The van der Waals surface area contributed by atoms with Crippen LogP contribution in [-0.2, 0) is 4.79 Å². The lowest BCUT2D eigenvalue weighted by molar-refractivity contribution is -0.142. The first-order valence-electron chi connectivity index (χ1n) is 14.3. The Labute approximate surface area is 206 Å². The van der Waals surface area contributed by atoms with Crippen LogP contribution in [0.3, 0.4) is 0 Å². The van der Waals surface area contributed by atoms with E-state index in [1.54, 1.807) is 5.57 Å². The lowest BCUT2D eigenvalue weighted by atomic mass is 9.41. The van der Waals surface area contributed by atoms with E-state index in [-0.39, 0.29) is 10.8 Å². The van der Waals surface area contributed by atoms with Crippen molar-refractivity contribution in [3.05, 3.63) is 11.6 Å². The summed E-state index contributed by atoms with van der Waals surface area (Å²) < 4.78 is 0. The molecule has 0 bridgehead atoms. The Kier molecular flexibility index (Phi) is 6.15. The monoisotopic (exact) mass is 454 g/mol. The number of carbonyl (C=O) groups is 1. The van der Waals surface area contributed by atoms with Gasteiger partial charge in [-0.3, -0.25) is 4.79 Å². The molecule has 7 atom stereocenters. The SMILES string of the molecule is CC(CCC(C)(C)C(C)C)C1CCC2(C)C3CCC4C(C)(C)C(=O)CCC4(C)C3=CCC12C. The smallest absolute Gasteiger partial charge is 0.138 e. The van der Waals surface area contributed by atoms with Crippen molar-refractivity contribution < 1.29 is 4.79 Å². The summed E-state index contributed by atoms with van der Waals surface area (Å²) in [6.45, 7) is 24.7. The van der Waals surface area contributed by atoms with Gasteiger partial charge in [0.2, 0.25) is 0 Å². The summed E-state index contributed by atoms with van der Waals surface area (Å²) in [4.78, 5) is 12.8. The molecule has 0 radical (unpaired) electrons. The Morgan fingerprint density at radius 3 is 2.27 bits per heavy atom. The fourth-order valence-electron chi connectivity index (χ4n) is 9.57. The van der Waals surface area contributed by atoms with Crippen LogP contribution in [0.5, 0.6) is 0 Å². The van der Waals surface area contributed by atoms with Crippen LogP contribution in [0, 0.1) is 56.7 Å². The van der Waals surface area contributed by atoms with E-state index in [0.717, 1.165) is 36.5 Å². The van der Waals surface area contributed by atoms with Crippen molar-refractivity contribution in [2.24, 2.45) is 56.7 Å². The molecule has 4 aliphatic rings. The number of hydrogen-bond donors (Lipinski definition) is 0. The largest absolute Gasteiger partial charge is 0.299 e. The molecule has 0 saturated heterocycles. The number of hydrogen-bond acceptors (Lipinski definition) is 1. The maximum absolute atomic E-state index is 12.8. The van der Waals surface area contributed by atoms with Gasteiger partial charge >= 0.3 is 0 Å². The number of ketones is 1. The van der Waals surface area contributed by atoms with Gasteiger partial charge in [0, 0.05) is 11.8 Å². The minimum absolute atomic E-state index is 0.156. The second kappa shape index (κ2) is 7.96. The van der Waals surface area contributed by atoms with Crippen LogP contribution in [0.4, 0.5) is 0 Å². The predicted molar refractivity (Wildman–Crippen MR) is 141 cm³/mol. The number of carbonyl (C=O) groups excluding carboxylic acids is 1. The third-order valence-electron chi connectivity index (χ3n) is 13.1. The first-order chi connectivity index (χ1) is 15.1. The molecule has 188 valence electrons. The molecule has 33 heavy (non-hydrogen) atoms. The molecule has 0 heterocycles. The fourth-order valence-corrected chi connectivity index (χ4v) is 9.57. The Bertz CT molecular complexity index is 814. The van der Waals surface area contributed by atoms with E-state index in [2.05, 4.69) is 75.3 Å². The highest BCUT2D eigenvalue weighted by molar-refractivity contribution is 5.85. The quantitative estimate of drug-likeness (QED) is 0.378. The van der Waals surface area contributed by atoms with Crippen LogP contribution in [0.15, 0.2) is 11.6 Å².